The van der Waals surface area contributed by atoms with Gasteiger partial charge in [0.15, 0.2) is 0 Å². The molecule has 0 fully saturated rings. The normalized spacial score (nSPS) is 12.1. The predicted molar refractivity (Wildman–Crippen MR) is 76.9 cm³/mol. The molecule has 112 valence electrons. The largest absolute Gasteiger partial charge is 0.396 e. The van der Waals surface area contributed by atoms with E-state index in [-0.39, 0.29) is 18.6 Å². The van der Waals surface area contributed by atoms with Gasteiger partial charge in [-0.3, -0.25) is 4.79 Å². The molecule has 1 unspecified atom stereocenters. The maximum absolute atomic E-state index is 11.6. The molecule has 4 heteroatoms. The lowest BCUT2D eigenvalue weighted by Crippen LogP contribution is -2.35. The number of carbonyl (C=O) groups is 2. The third-order valence-electron chi connectivity index (χ3n) is 3.17. The second-order valence-electron chi connectivity index (χ2n) is 5.05. The van der Waals surface area contributed by atoms with E-state index in [9.17, 15) is 9.59 Å². The molecule has 0 aromatic carbocycles. The fourth-order valence-electron chi connectivity index (χ4n) is 2.05. The Balaban J connectivity index is 3.40. The molecule has 0 rings (SSSR count). The number of amides is 1. The van der Waals surface area contributed by atoms with Crippen LogP contribution < -0.4 is 5.32 Å². The van der Waals surface area contributed by atoms with Gasteiger partial charge in [-0.2, -0.15) is 0 Å². The summed E-state index contributed by atoms with van der Waals surface area (Å²) in [5, 5.41) is 11.4. The van der Waals surface area contributed by atoms with E-state index >= 15 is 0 Å². The molecule has 19 heavy (non-hydrogen) atoms. The van der Waals surface area contributed by atoms with E-state index in [4.69, 9.17) is 5.11 Å². The van der Waals surface area contributed by atoms with Crippen molar-refractivity contribution in [2.24, 2.45) is 0 Å². The average Bonchev–Trinajstić information content (AvgIpc) is 2.41. The fraction of sp³-hybridized carbons (Fsp3) is 0.867. The minimum Gasteiger partial charge on any atom is -0.396 e. The summed E-state index contributed by atoms with van der Waals surface area (Å²) in [5.74, 6) is -0.00849. The fourth-order valence-corrected chi connectivity index (χ4v) is 2.05. The lowest BCUT2D eigenvalue weighted by molar-refractivity contribution is -0.124. The second kappa shape index (κ2) is 13.5. The smallest absolute Gasteiger partial charge is 0.220 e. The Labute approximate surface area is 117 Å². The molecule has 0 aliphatic carbocycles. The van der Waals surface area contributed by atoms with Crippen molar-refractivity contribution in [3.05, 3.63) is 0 Å². The van der Waals surface area contributed by atoms with Crippen LogP contribution in [0.3, 0.4) is 0 Å². The van der Waals surface area contributed by atoms with Gasteiger partial charge in [-0.15, -0.1) is 0 Å². The van der Waals surface area contributed by atoms with E-state index in [1.165, 1.54) is 6.42 Å². The van der Waals surface area contributed by atoms with Crippen molar-refractivity contribution in [1.29, 1.82) is 0 Å². The van der Waals surface area contributed by atoms with E-state index < -0.39 is 0 Å². The Morgan fingerprint density at radius 3 is 2.21 bits per heavy atom. The van der Waals surface area contributed by atoms with Gasteiger partial charge in [-0.1, -0.05) is 45.4 Å². The highest BCUT2D eigenvalue weighted by atomic mass is 16.2. The minimum absolute atomic E-state index is 0.00849. The van der Waals surface area contributed by atoms with Crippen LogP contribution in [-0.4, -0.2) is 29.9 Å². The summed E-state index contributed by atoms with van der Waals surface area (Å²) >= 11 is 0. The van der Waals surface area contributed by atoms with Crippen LogP contribution in [0.2, 0.25) is 0 Å². The zero-order chi connectivity index (χ0) is 14.3. The standard InChI is InChI=1S/C15H29NO3/c1-2-10-14(13-18)16-15(19)11-8-6-4-3-5-7-9-12-17/h13-14,17H,2-12H2,1H3,(H,16,19). The molecule has 0 aliphatic heterocycles. The minimum atomic E-state index is -0.309. The number of aliphatic hydroxyl groups excluding tert-OH is 1. The van der Waals surface area contributed by atoms with Crippen LogP contribution in [0.5, 0.6) is 0 Å². The van der Waals surface area contributed by atoms with Gasteiger partial charge in [0.2, 0.25) is 5.91 Å². The average molecular weight is 271 g/mol. The molecule has 4 nitrogen and oxygen atoms in total. The van der Waals surface area contributed by atoms with Crippen LogP contribution >= 0.6 is 0 Å². The first kappa shape index (κ1) is 18.1. The lowest BCUT2D eigenvalue weighted by atomic mass is 10.1. The Morgan fingerprint density at radius 2 is 1.68 bits per heavy atom. The van der Waals surface area contributed by atoms with Crippen LogP contribution in [0.4, 0.5) is 0 Å². The van der Waals surface area contributed by atoms with E-state index in [1.54, 1.807) is 0 Å². The number of hydrogen-bond acceptors (Lipinski definition) is 3. The predicted octanol–water partition coefficient (Wildman–Crippen LogP) is 2.58. The summed E-state index contributed by atoms with van der Waals surface area (Å²) in [7, 11) is 0. The zero-order valence-corrected chi connectivity index (χ0v) is 12.2. The van der Waals surface area contributed by atoms with E-state index in [1.807, 2.05) is 6.92 Å². The molecular formula is C15H29NO3. The molecule has 0 saturated carbocycles. The van der Waals surface area contributed by atoms with Gasteiger partial charge < -0.3 is 15.2 Å². The number of carbonyl (C=O) groups excluding carboxylic acids is 2. The monoisotopic (exact) mass is 271 g/mol. The first-order valence-corrected chi connectivity index (χ1v) is 7.60. The zero-order valence-electron chi connectivity index (χ0n) is 12.2. The van der Waals surface area contributed by atoms with Crippen molar-refractivity contribution in [3.8, 4) is 0 Å². The topological polar surface area (TPSA) is 66.4 Å². The Morgan fingerprint density at radius 1 is 1.11 bits per heavy atom. The molecule has 1 atom stereocenters. The molecule has 0 aliphatic rings. The van der Waals surface area contributed by atoms with Gasteiger partial charge in [0, 0.05) is 13.0 Å². The first-order valence-electron chi connectivity index (χ1n) is 7.60. The van der Waals surface area contributed by atoms with Crippen LogP contribution in [0.1, 0.15) is 71.1 Å². The Bertz CT molecular complexity index is 231. The molecule has 1 amide bonds. The highest BCUT2D eigenvalue weighted by Gasteiger charge is 2.09. The third-order valence-corrected chi connectivity index (χ3v) is 3.17. The second-order valence-corrected chi connectivity index (χ2v) is 5.05. The summed E-state index contributed by atoms with van der Waals surface area (Å²) in [4.78, 5) is 22.3. The van der Waals surface area contributed by atoms with Crippen molar-refractivity contribution >= 4 is 12.2 Å². The van der Waals surface area contributed by atoms with Crippen molar-refractivity contribution in [2.45, 2.75) is 77.2 Å². The van der Waals surface area contributed by atoms with Crippen LogP contribution in [0.15, 0.2) is 0 Å². The van der Waals surface area contributed by atoms with Crippen LogP contribution in [-0.2, 0) is 9.59 Å². The molecule has 0 aromatic rings. The maximum atomic E-state index is 11.6. The van der Waals surface area contributed by atoms with Crippen molar-refractivity contribution < 1.29 is 14.7 Å². The molecule has 2 N–H and O–H groups in total. The summed E-state index contributed by atoms with van der Waals surface area (Å²) in [5.41, 5.74) is 0. The van der Waals surface area contributed by atoms with Crippen LogP contribution in [0.25, 0.3) is 0 Å². The van der Waals surface area contributed by atoms with Crippen molar-refractivity contribution in [3.63, 3.8) is 0 Å². The van der Waals surface area contributed by atoms with Crippen molar-refractivity contribution in [2.75, 3.05) is 6.61 Å². The molecule has 0 heterocycles. The quantitative estimate of drug-likeness (QED) is 0.400. The molecule has 0 aromatic heterocycles. The third kappa shape index (κ3) is 11.9. The molecule has 0 bridgehead atoms. The molecular weight excluding hydrogens is 242 g/mol. The van der Waals surface area contributed by atoms with Gasteiger partial charge in [0.05, 0.1) is 6.04 Å². The first-order chi connectivity index (χ1) is 9.24. The van der Waals surface area contributed by atoms with Gasteiger partial charge >= 0.3 is 0 Å². The summed E-state index contributed by atoms with van der Waals surface area (Å²) in [6.45, 7) is 2.29. The van der Waals surface area contributed by atoms with Gasteiger partial charge in [-0.25, -0.2) is 0 Å². The molecule has 0 saturated heterocycles. The Hall–Kier alpha value is -0.900. The van der Waals surface area contributed by atoms with Crippen LogP contribution in [0, 0.1) is 0 Å². The number of unbranched alkanes of at least 4 members (excludes halogenated alkanes) is 6. The molecule has 0 spiro atoms. The summed E-state index contributed by atoms with van der Waals surface area (Å²) in [6.07, 6.45) is 10.4. The highest BCUT2D eigenvalue weighted by Crippen LogP contribution is 2.08. The van der Waals surface area contributed by atoms with E-state index in [0.29, 0.717) is 6.42 Å². The van der Waals surface area contributed by atoms with Gasteiger partial charge in [0.1, 0.15) is 6.29 Å². The van der Waals surface area contributed by atoms with E-state index in [2.05, 4.69) is 5.32 Å². The summed E-state index contributed by atoms with van der Waals surface area (Å²) in [6, 6.07) is -0.309. The highest BCUT2D eigenvalue weighted by molar-refractivity contribution is 5.79. The number of aliphatic hydroxyl groups is 1. The number of hydrogen-bond donors (Lipinski definition) is 2. The lowest BCUT2D eigenvalue weighted by Gasteiger charge is -2.11. The number of nitrogens with one attached hydrogen (secondary N) is 1. The Kier molecular flexibility index (Phi) is 12.9. The molecule has 0 radical (unpaired) electrons. The summed E-state index contributed by atoms with van der Waals surface area (Å²) < 4.78 is 0. The van der Waals surface area contributed by atoms with E-state index in [0.717, 1.165) is 57.7 Å². The number of rotatable bonds is 13. The van der Waals surface area contributed by atoms with Gasteiger partial charge in [-0.05, 0) is 19.3 Å². The van der Waals surface area contributed by atoms with Crippen molar-refractivity contribution in [1.82, 2.24) is 5.32 Å². The maximum Gasteiger partial charge on any atom is 0.220 e. The SMILES string of the molecule is CCCC(C=O)NC(=O)CCCCCCCCCO. The van der Waals surface area contributed by atoms with Gasteiger partial charge in [0.25, 0.3) is 0 Å². The number of aldehydes is 1.